The number of aromatic amines is 1. The molecule has 15 nitrogen and oxygen atoms in total. The third kappa shape index (κ3) is 8.25. The van der Waals surface area contributed by atoms with Crippen LogP contribution in [0.15, 0.2) is 35.6 Å². The van der Waals surface area contributed by atoms with E-state index in [1.54, 1.807) is 13.2 Å². The Hall–Kier alpha value is -4.60. The van der Waals surface area contributed by atoms with Gasteiger partial charge in [-0.3, -0.25) is 23.9 Å². The standard InChI is InChI=1S/C40H53N5O10S/c1-5-25-20-40(25,37(49)44-56(51,52)27-13-14-27)43-35(47)30-17-26-21-45(30)36(48)34(23-10-7-6-8-11-23)42-38(50)54-22-39(2,3)15-9-12-24-16-28-29(18-31(24)53-4)41-33(46)19-32(28)55-26/h5,16,18-19,23,25-27,30,34H,1,6-15,17,20-22H2,2-4H3,(H,41,46)(H,42,50)(H,43,47)(H,44,49)/t25-,26-,30+,34+,40-/m1/s1. The number of hydrogen-bond acceptors (Lipinski definition) is 10. The van der Waals surface area contributed by atoms with Gasteiger partial charge in [0.25, 0.3) is 11.5 Å². The van der Waals surface area contributed by atoms with Gasteiger partial charge in [-0.15, -0.1) is 6.58 Å². The van der Waals surface area contributed by atoms with Gasteiger partial charge in [-0.25, -0.2) is 13.2 Å². The third-order valence-corrected chi connectivity index (χ3v) is 14.0. The van der Waals surface area contributed by atoms with Crippen molar-refractivity contribution < 1.29 is 41.8 Å². The van der Waals surface area contributed by atoms with E-state index in [4.69, 9.17) is 14.2 Å². The molecule has 4 N–H and O–H groups in total. The van der Waals surface area contributed by atoms with E-state index in [1.165, 1.54) is 17.0 Å². The lowest BCUT2D eigenvalue weighted by molar-refractivity contribution is -0.142. The van der Waals surface area contributed by atoms with E-state index in [-0.39, 0.29) is 37.7 Å². The highest BCUT2D eigenvalue weighted by Gasteiger charge is 2.62. The van der Waals surface area contributed by atoms with Crippen molar-refractivity contribution >= 4 is 44.7 Å². The van der Waals surface area contributed by atoms with Crippen molar-refractivity contribution in [2.75, 3.05) is 20.3 Å². The van der Waals surface area contributed by atoms with E-state index in [9.17, 15) is 32.4 Å². The molecule has 7 rings (SSSR count). The van der Waals surface area contributed by atoms with Gasteiger partial charge < -0.3 is 34.7 Å². The lowest BCUT2D eigenvalue weighted by atomic mass is 9.83. The number of aryl methyl sites for hydroxylation is 1. The normalized spacial score (nSPS) is 28.6. The molecule has 16 heteroatoms. The van der Waals surface area contributed by atoms with E-state index in [0.717, 1.165) is 31.2 Å². The molecule has 5 atom stereocenters. The van der Waals surface area contributed by atoms with Gasteiger partial charge in [0.15, 0.2) is 0 Å². The number of benzene rings is 1. The van der Waals surface area contributed by atoms with Crippen LogP contribution in [0.1, 0.15) is 90.0 Å². The Balaban J connectivity index is 1.25. The predicted octanol–water partition coefficient (Wildman–Crippen LogP) is 3.59. The highest BCUT2D eigenvalue weighted by molar-refractivity contribution is 7.91. The Morgan fingerprint density at radius 3 is 2.48 bits per heavy atom. The highest BCUT2D eigenvalue weighted by atomic mass is 32.2. The van der Waals surface area contributed by atoms with Gasteiger partial charge in [0, 0.05) is 29.9 Å². The number of fused-ring (bicyclic) bond motifs is 3. The Morgan fingerprint density at radius 2 is 1.80 bits per heavy atom. The van der Waals surface area contributed by atoms with Crippen LogP contribution in [0, 0.1) is 17.3 Å². The summed E-state index contributed by atoms with van der Waals surface area (Å²) in [6, 6.07) is 2.85. The van der Waals surface area contributed by atoms with Crippen LogP contribution in [0.4, 0.5) is 4.79 Å². The maximum absolute atomic E-state index is 14.8. The topological polar surface area (TPSA) is 202 Å². The molecular weight excluding hydrogens is 743 g/mol. The molecule has 304 valence electrons. The molecule has 4 amide bonds. The van der Waals surface area contributed by atoms with Crippen LogP contribution in [0.25, 0.3) is 10.9 Å². The lowest BCUT2D eigenvalue weighted by Gasteiger charge is -2.35. The maximum atomic E-state index is 14.8. The second-order valence-electron chi connectivity index (χ2n) is 17.0. The van der Waals surface area contributed by atoms with Crippen molar-refractivity contribution in [1.29, 1.82) is 0 Å². The number of ether oxygens (including phenoxy) is 3. The predicted molar refractivity (Wildman–Crippen MR) is 206 cm³/mol. The minimum absolute atomic E-state index is 0.0122. The minimum Gasteiger partial charge on any atom is -0.496 e. The summed E-state index contributed by atoms with van der Waals surface area (Å²) in [5.41, 5.74) is -0.998. The molecule has 3 aliphatic carbocycles. The second kappa shape index (κ2) is 15.4. The van der Waals surface area contributed by atoms with Crippen LogP contribution in [-0.4, -0.2) is 91.4 Å². The van der Waals surface area contributed by atoms with Crippen molar-refractivity contribution in [3.63, 3.8) is 0 Å². The summed E-state index contributed by atoms with van der Waals surface area (Å²) in [7, 11) is -2.36. The van der Waals surface area contributed by atoms with Crippen molar-refractivity contribution in [2.45, 2.75) is 120 Å². The van der Waals surface area contributed by atoms with E-state index < -0.39 is 79.7 Å². The van der Waals surface area contributed by atoms with Crippen molar-refractivity contribution in [3.8, 4) is 11.5 Å². The van der Waals surface area contributed by atoms with E-state index in [0.29, 0.717) is 55.2 Å². The van der Waals surface area contributed by atoms with Gasteiger partial charge in [-0.1, -0.05) is 39.2 Å². The number of nitrogens with zero attached hydrogens (tertiary/aromatic N) is 1. The zero-order valence-corrected chi connectivity index (χ0v) is 33.1. The molecule has 1 aromatic carbocycles. The van der Waals surface area contributed by atoms with Gasteiger partial charge >= 0.3 is 6.09 Å². The summed E-state index contributed by atoms with van der Waals surface area (Å²) in [4.78, 5) is 73.5. The number of hydrogen-bond donors (Lipinski definition) is 4. The van der Waals surface area contributed by atoms with Crippen molar-refractivity contribution in [3.05, 3.63) is 46.8 Å². The first-order valence-electron chi connectivity index (χ1n) is 19.8. The zero-order valence-electron chi connectivity index (χ0n) is 32.3. The molecule has 3 saturated carbocycles. The first-order valence-corrected chi connectivity index (χ1v) is 21.3. The summed E-state index contributed by atoms with van der Waals surface area (Å²) >= 11 is 0. The summed E-state index contributed by atoms with van der Waals surface area (Å²) < 4.78 is 45.7. The minimum atomic E-state index is -3.92. The Labute approximate surface area is 326 Å². The Morgan fingerprint density at radius 1 is 1.05 bits per heavy atom. The van der Waals surface area contributed by atoms with Gasteiger partial charge in [0.1, 0.15) is 35.2 Å². The third-order valence-electron chi connectivity index (χ3n) is 12.2. The highest BCUT2D eigenvalue weighted by Crippen LogP contribution is 2.46. The number of sulfonamides is 1. The van der Waals surface area contributed by atoms with Crippen LogP contribution < -0.4 is 30.4 Å². The van der Waals surface area contributed by atoms with Gasteiger partial charge in [-0.05, 0) is 74.3 Å². The molecule has 3 heterocycles. The number of nitrogens with one attached hydrogen (secondary N) is 4. The summed E-state index contributed by atoms with van der Waals surface area (Å²) in [6.07, 6.45) is 7.25. The van der Waals surface area contributed by atoms with E-state index in [1.807, 2.05) is 19.9 Å². The van der Waals surface area contributed by atoms with Crippen molar-refractivity contribution in [1.82, 2.24) is 25.2 Å². The largest absolute Gasteiger partial charge is 0.496 e. The lowest BCUT2D eigenvalue weighted by Crippen LogP contribution is -2.59. The van der Waals surface area contributed by atoms with Crippen LogP contribution in [-0.2, 0) is 35.6 Å². The number of methoxy groups -OCH3 is 1. The molecule has 56 heavy (non-hydrogen) atoms. The van der Waals surface area contributed by atoms with Gasteiger partial charge in [0.2, 0.25) is 21.8 Å². The van der Waals surface area contributed by atoms with E-state index in [2.05, 4.69) is 26.9 Å². The molecule has 2 aliphatic heterocycles. The Kier molecular flexibility index (Phi) is 10.9. The SMILES string of the molecule is C=C[C@@H]1C[C@]1(NC(=O)[C@@H]1C[C@@H]2CN1C(=O)[C@H](C1CCCCC1)NC(=O)OCC(C)(C)CCCc1cc3c(cc(=O)[nH]c3cc1OC)O2)C(=O)NS(=O)(=O)C1CC1. The van der Waals surface area contributed by atoms with Crippen molar-refractivity contribution in [2.24, 2.45) is 17.3 Å². The van der Waals surface area contributed by atoms with Crippen LogP contribution in [0.5, 0.6) is 11.5 Å². The fourth-order valence-electron chi connectivity index (χ4n) is 8.64. The number of amides is 4. The molecule has 2 aromatic rings. The van der Waals surface area contributed by atoms with Crippen LogP contribution in [0.2, 0.25) is 0 Å². The molecule has 0 unspecified atom stereocenters. The number of H-pyrrole nitrogens is 1. The van der Waals surface area contributed by atoms with Crippen LogP contribution >= 0.6 is 0 Å². The molecule has 1 aromatic heterocycles. The zero-order chi connectivity index (χ0) is 40.0. The number of rotatable bonds is 8. The molecule has 1 saturated heterocycles. The van der Waals surface area contributed by atoms with Gasteiger partial charge in [-0.2, -0.15) is 0 Å². The summed E-state index contributed by atoms with van der Waals surface area (Å²) in [5.74, 6) is -1.90. The second-order valence-corrected chi connectivity index (χ2v) is 18.9. The summed E-state index contributed by atoms with van der Waals surface area (Å²) in [6.45, 7) is 7.85. The average molecular weight is 796 g/mol. The number of aromatic nitrogens is 1. The fourth-order valence-corrected chi connectivity index (χ4v) is 10.0. The maximum Gasteiger partial charge on any atom is 0.407 e. The van der Waals surface area contributed by atoms with Gasteiger partial charge in [0.05, 0.1) is 31.0 Å². The number of pyridine rings is 1. The quantitative estimate of drug-likeness (QED) is 0.286. The number of carbonyl (C=O) groups excluding carboxylic acids is 4. The fraction of sp³-hybridized carbons (Fsp3) is 0.625. The monoisotopic (exact) mass is 795 g/mol. The molecule has 0 radical (unpaired) electrons. The number of cyclic esters (lactones) is 1. The summed E-state index contributed by atoms with van der Waals surface area (Å²) in [5, 5.41) is 5.66. The van der Waals surface area contributed by atoms with Crippen LogP contribution in [0.3, 0.4) is 0 Å². The number of alkyl carbamates (subject to hydrolysis) is 1. The molecule has 0 spiro atoms. The molecule has 5 aliphatic rings. The first kappa shape index (κ1) is 39.6. The molecule has 4 bridgehead atoms. The first-order chi connectivity index (χ1) is 26.6. The number of carbonyl (C=O) groups is 4. The smallest absolute Gasteiger partial charge is 0.407 e. The Bertz CT molecular complexity index is 2070. The average Bonchev–Trinajstić information content (AvgIpc) is 4.09. The molecular formula is C40H53N5O10S. The van der Waals surface area contributed by atoms with E-state index >= 15 is 0 Å². The molecule has 4 fully saturated rings.